The highest BCUT2D eigenvalue weighted by molar-refractivity contribution is 5.91. The number of piperazine rings is 1. The van der Waals surface area contributed by atoms with E-state index in [0.29, 0.717) is 5.95 Å². The summed E-state index contributed by atoms with van der Waals surface area (Å²) in [5.41, 5.74) is 1.79. The number of nitrogens with one attached hydrogen (secondary N) is 1. The van der Waals surface area contributed by atoms with Gasteiger partial charge in [-0.15, -0.1) is 12.4 Å². The van der Waals surface area contributed by atoms with Crippen LogP contribution < -0.4 is 15.0 Å². The van der Waals surface area contributed by atoms with Crippen molar-refractivity contribution in [3.8, 4) is 5.75 Å². The molecule has 142 valence electrons. The third-order valence-corrected chi connectivity index (χ3v) is 4.74. The van der Waals surface area contributed by atoms with Gasteiger partial charge in [-0.3, -0.25) is 0 Å². The van der Waals surface area contributed by atoms with Gasteiger partial charge in [-0.1, -0.05) is 24.3 Å². The molecule has 1 aliphatic heterocycles. The molecule has 0 saturated carbocycles. The molecule has 1 N–H and O–H groups in total. The second-order valence-corrected chi connectivity index (χ2v) is 6.50. The quantitative estimate of drug-likeness (QED) is 0.741. The van der Waals surface area contributed by atoms with Crippen LogP contribution in [0.15, 0.2) is 48.5 Å². The van der Waals surface area contributed by atoms with Crippen molar-refractivity contribution in [1.29, 1.82) is 0 Å². The van der Waals surface area contributed by atoms with E-state index in [0.717, 1.165) is 54.3 Å². The molecule has 0 bridgehead atoms. The maximum atomic E-state index is 5.43. The van der Waals surface area contributed by atoms with Crippen LogP contribution in [0, 0.1) is 0 Å². The summed E-state index contributed by atoms with van der Waals surface area (Å²) >= 11 is 0. The monoisotopic (exact) mass is 385 g/mol. The number of methoxy groups -OCH3 is 1. The molecule has 6 nitrogen and oxygen atoms in total. The second kappa shape index (κ2) is 8.41. The molecule has 0 unspecified atom stereocenters. The highest BCUT2D eigenvalue weighted by Crippen LogP contribution is 2.30. The number of likely N-dealkylation sites (N-methyl/N-ethyl adjacent to an activating group) is 1. The van der Waals surface area contributed by atoms with E-state index in [1.165, 1.54) is 0 Å². The maximum absolute atomic E-state index is 5.43. The van der Waals surface area contributed by atoms with Gasteiger partial charge in [-0.2, -0.15) is 4.98 Å². The van der Waals surface area contributed by atoms with Gasteiger partial charge in [-0.25, -0.2) is 4.98 Å². The maximum Gasteiger partial charge on any atom is 0.229 e. The Labute approximate surface area is 165 Å². The second-order valence-electron chi connectivity index (χ2n) is 6.50. The Hall–Kier alpha value is -2.57. The molecule has 0 radical (unpaired) electrons. The zero-order valence-corrected chi connectivity index (χ0v) is 16.4. The van der Waals surface area contributed by atoms with Crippen LogP contribution in [0.2, 0.25) is 0 Å². The van der Waals surface area contributed by atoms with Gasteiger partial charge in [0.2, 0.25) is 5.95 Å². The van der Waals surface area contributed by atoms with Crippen molar-refractivity contribution >= 4 is 40.8 Å². The van der Waals surface area contributed by atoms with E-state index in [4.69, 9.17) is 14.7 Å². The van der Waals surface area contributed by atoms with E-state index >= 15 is 0 Å². The molecule has 0 spiro atoms. The van der Waals surface area contributed by atoms with Crippen molar-refractivity contribution < 1.29 is 4.74 Å². The molecule has 1 aromatic heterocycles. The molecule has 0 atom stereocenters. The molecule has 1 saturated heterocycles. The number of halogens is 1. The molecular formula is C20H24ClN5O. The number of rotatable bonds is 4. The van der Waals surface area contributed by atoms with Crippen LogP contribution >= 0.6 is 12.4 Å². The third-order valence-electron chi connectivity index (χ3n) is 4.74. The summed E-state index contributed by atoms with van der Waals surface area (Å²) < 4.78 is 5.43. The molecule has 1 aliphatic rings. The van der Waals surface area contributed by atoms with Gasteiger partial charge in [0.1, 0.15) is 11.6 Å². The van der Waals surface area contributed by atoms with E-state index < -0.39 is 0 Å². The Balaban J connectivity index is 0.00000210. The number of hydrogen-bond donors (Lipinski definition) is 1. The zero-order chi connectivity index (χ0) is 17.9. The standard InChI is InChI=1S/C20H23N5O.ClH/c1-24-11-13-25(14-12-24)19-15-7-3-4-8-16(15)21-20(23-19)22-17-9-5-6-10-18(17)26-2;/h3-10H,11-14H2,1-2H3,(H,21,22,23);1H. The highest BCUT2D eigenvalue weighted by atomic mass is 35.5. The first-order chi connectivity index (χ1) is 12.7. The van der Waals surface area contributed by atoms with Gasteiger partial charge >= 0.3 is 0 Å². The van der Waals surface area contributed by atoms with Gasteiger partial charge < -0.3 is 19.9 Å². The van der Waals surface area contributed by atoms with Crippen LogP contribution in [0.25, 0.3) is 10.9 Å². The Morgan fingerprint density at radius 2 is 1.63 bits per heavy atom. The number of para-hydroxylation sites is 3. The Morgan fingerprint density at radius 1 is 0.926 bits per heavy atom. The molecule has 2 aromatic carbocycles. The number of benzene rings is 2. The lowest BCUT2D eigenvalue weighted by molar-refractivity contribution is 0.312. The van der Waals surface area contributed by atoms with Crippen LogP contribution in [-0.2, 0) is 0 Å². The molecule has 0 aliphatic carbocycles. The van der Waals surface area contributed by atoms with Crippen molar-refractivity contribution in [2.75, 3.05) is 50.6 Å². The minimum Gasteiger partial charge on any atom is -0.495 e. The van der Waals surface area contributed by atoms with Crippen LogP contribution in [-0.4, -0.2) is 55.2 Å². The Morgan fingerprint density at radius 3 is 2.41 bits per heavy atom. The molecule has 1 fully saturated rings. The van der Waals surface area contributed by atoms with Gasteiger partial charge in [-0.05, 0) is 31.3 Å². The minimum atomic E-state index is 0. The number of aromatic nitrogens is 2. The normalized spacial score (nSPS) is 14.7. The summed E-state index contributed by atoms with van der Waals surface area (Å²) in [6.07, 6.45) is 0. The summed E-state index contributed by atoms with van der Waals surface area (Å²) in [5.74, 6) is 2.34. The molecule has 0 amide bonds. The molecule has 3 aromatic rings. The fourth-order valence-electron chi connectivity index (χ4n) is 3.24. The summed E-state index contributed by atoms with van der Waals surface area (Å²) in [6.45, 7) is 4.00. The third kappa shape index (κ3) is 4.07. The zero-order valence-electron chi connectivity index (χ0n) is 15.6. The SMILES string of the molecule is COc1ccccc1Nc1nc(N2CCN(C)CC2)c2ccccc2n1.Cl. The summed E-state index contributed by atoms with van der Waals surface area (Å²) in [5, 5.41) is 4.41. The van der Waals surface area contributed by atoms with E-state index in [9.17, 15) is 0 Å². The first kappa shape index (κ1) is 19.2. The van der Waals surface area contributed by atoms with Gasteiger partial charge in [0.15, 0.2) is 0 Å². The van der Waals surface area contributed by atoms with Crippen molar-refractivity contribution in [3.05, 3.63) is 48.5 Å². The fraction of sp³-hybridized carbons (Fsp3) is 0.300. The minimum absolute atomic E-state index is 0. The van der Waals surface area contributed by atoms with E-state index in [-0.39, 0.29) is 12.4 Å². The van der Waals surface area contributed by atoms with Gasteiger partial charge in [0, 0.05) is 31.6 Å². The topological polar surface area (TPSA) is 53.5 Å². The molecular weight excluding hydrogens is 362 g/mol. The number of fused-ring (bicyclic) bond motifs is 1. The van der Waals surface area contributed by atoms with Crippen LogP contribution in [0.5, 0.6) is 5.75 Å². The van der Waals surface area contributed by atoms with Crippen molar-refractivity contribution in [2.24, 2.45) is 0 Å². The van der Waals surface area contributed by atoms with Crippen LogP contribution in [0.4, 0.5) is 17.5 Å². The van der Waals surface area contributed by atoms with E-state index in [1.807, 2.05) is 42.5 Å². The van der Waals surface area contributed by atoms with Crippen molar-refractivity contribution in [1.82, 2.24) is 14.9 Å². The lowest BCUT2D eigenvalue weighted by Gasteiger charge is -2.33. The molecule has 27 heavy (non-hydrogen) atoms. The lowest BCUT2D eigenvalue weighted by atomic mass is 10.2. The first-order valence-corrected chi connectivity index (χ1v) is 8.85. The Bertz CT molecular complexity index is 912. The predicted octanol–water partition coefficient (Wildman–Crippen LogP) is 3.56. The predicted molar refractivity (Wildman–Crippen MR) is 113 cm³/mol. The largest absolute Gasteiger partial charge is 0.495 e. The van der Waals surface area contributed by atoms with E-state index in [2.05, 4.69) is 28.2 Å². The number of nitrogens with zero attached hydrogens (tertiary/aromatic N) is 4. The first-order valence-electron chi connectivity index (χ1n) is 8.85. The fourth-order valence-corrected chi connectivity index (χ4v) is 3.24. The lowest BCUT2D eigenvalue weighted by Crippen LogP contribution is -2.45. The van der Waals surface area contributed by atoms with Crippen molar-refractivity contribution in [3.63, 3.8) is 0 Å². The molecule has 2 heterocycles. The van der Waals surface area contributed by atoms with Gasteiger partial charge in [0.05, 0.1) is 18.3 Å². The smallest absolute Gasteiger partial charge is 0.229 e. The average Bonchev–Trinajstić information content (AvgIpc) is 2.68. The number of anilines is 3. The summed E-state index contributed by atoms with van der Waals surface area (Å²) in [4.78, 5) is 14.2. The number of ether oxygens (including phenoxy) is 1. The molecule has 7 heteroatoms. The average molecular weight is 386 g/mol. The van der Waals surface area contributed by atoms with Crippen LogP contribution in [0.1, 0.15) is 0 Å². The Kier molecular flexibility index (Phi) is 5.98. The van der Waals surface area contributed by atoms with Crippen molar-refractivity contribution in [2.45, 2.75) is 0 Å². The summed E-state index contributed by atoms with van der Waals surface area (Å²) in [6, 6.07) is 16.0. The summed E-state index contributed by atoms with van der Waals surface area (Å²) in [7, 11) is 3.82. The molecule has 4 rings (SSSR count). The van der Waals surface area contributed by atoms with E-state index in [1.54, 1.807) is 7.11 Å². The van der Waals surface area contributed by atoms with Gasteiger partial charge in [0.25, 0.3) is 0 Å². The highest BCUT2D eigenvalue weighted by Gasteiger charge is 2.19. The number of hydrogen-bond acceptors (Lipinski definition) is 6. The van der Waals surface area contributed by atoms with Crippen LogP contribution in [0.3, 0.4) is 0 Å².